The fourth-order valence-electron chi connectivity index (χ4n) is 1.35. The van der Waals surface area contributed by atoms with Gasteiger partial charge in [0.25, 0.3) is 6.43 Å². The summed E-state index contributed by atoms with van der Waals surface area (Å²) in [5, 5.41) is 8.54. The Balaban J connectivity index is 3.62. The molecule has 0 aliphatic carbocycles. The predicted octanol–water partition coefficient (Wildman–Crippen LogP) is 2.19. The van der Waals surface area contributed by atoms with Gasteiger partial charge in [0, 0.05) is 12.1 Å². The van der Waals surface area contributed by atoms with Crippen LogP contribution in [0, 0.1) is 0 Å². The molecule has 3 N–H and O–H groups in total. The van der Waals surface area contributed by atoms with Gasteiger partial charge in [0.1, 0.15) is 11.4 Å². The van der Waals surface area contributed by atoms with E-state index in [-0.39, 0.29) is 6.07 Å². The molecule has 0 spiro atoms. The van der Waals surface area contributed by atoms with Crippen LogP contribution in [0.5, 0.6) is 0 Å². The van der Waals surface area contributed by atoms with E-state index in [9.17, 15) is 26.7 Å². The summed E-state index contributed by atoms with van der Waals surface area (Å²) < 4.78 is 62.9. The van der Waals surface area contributed by atoms with Crippen LogP contribution in [0.3, 0.4) is 0 Å². The van der Waals surface area contributed by atoms with Crippen molar-refractivity contribution in [3.05, 3.63) is 28.6 Å². The number of hydrogen-bond acceptors (Lipinski definition) is 3. The number of aromatic carboxylic acids is 1. The Morgan fingerprint density at radius 3 is 2.33 bits per heavy atom. The lowest BCUT2D eigenvalue weighted by atomic mass is 10.0. The number of rotatable bonds is 3. The Morgan fingerprint density at radius 1 is 1.44 bits per heavy atom. The van der Waals surface area contributed by atoms with Crippen LogP contribution >= 0.6 is 0 Å². The number of alkyl halides is 5. The number of halogens is 5. The number of carbonyl (C=O) groups is 1. The molecule has 1 aromatic heterocycles. The lowest BCUT2D eigenvalue weighted by Crippen LogP contribution is -2.18. The lowest BCUT2D eigenvalue weighted by Gasteiger charge is -2.15. The second kappa shape index (κ2) is 4.84. The molecule has 0 radical (unpaired) electrons. The van der Waals surface area contributed by atoms with Crippen LogP contribution in [0.2, 0.25) is 0 Å². The molecule has 0 aliphatic rings. The summed E-state index contributed by atoms with van der Waals surface area (Å²) in [6.07, 6.45) is -8.32. The van der Waals surface area contributed by atoms with Gasteiger partial charge in [-0.15, -0.1) is 0 Å². The third-order valence-corrected chi connectivity index (χ3v) is 2.09. The molecule has 9 heteroatoms. The third-order valence-electron chi connectivity index (χ3n) is 2.09. The minimum Gasteiger partial charge on any atom is -0.477 e. The fraction of sp³-hybridized carbons (Fsp3) is 0.333. The highest BCUT2D eigenvalue weighted by atomic mass is 19.4. The van der Waals surface area contributed by atoms with Crippen molar-refractivity contribution in [3.63, 3.8) is 0 Å². The van der Waals surface area contributed by atoms with Crippen molar-refractivity contribution in [2.24, 2.45) is 5.73 Å². The van der Waals surface area contributed by atoms with E-state index >= 15 is 0 Å². The standard InChI is InChI=1S/C9H7F5N2O2/c10-7(11)6-3(2-15)4(9(12,13)14)1-5(16-6)8(17)18/h1,7H,2,15H2,(H,17,18). The van der Waals surface area contributed by atoms with Gasteiger partial charge in [-0.1, -0.05) is 0 Å². The van der Waals surface area contributed by atoms with Gasteiger partial charge in [0.2, 0.25) is 0 Å². The maximum Gasteiger partial charge on any atom is 0.416 e. The molecule has 0 saturated carbocycles. The van der Waals surface area contributed by atoms with E-state index in [2.05, 4.69) is 4.98 Å². The highest BCUT2D eigenvalue weighted by molar-refractivity contribution is 5.85. The van der Waals surface area contributed by atoms with E-state index in [4.69, 9.17) is 10.8 Å². The summed E-state index contributed by atoms with van der Waals surface area (Å²) in [4.78, 5) is 13.5. The Hall–Kier alpha value is -1.77. The molecule has 0 aliphatic heterocycles. The molecule has 18 heavy (non-hydrogen) atoms. The first-order valence-corrected chi connectivity index (χ1v) is 4.51. The highest BCUT2D eigenvalue weighted by Gasteiger charge is 2.37. The number of aromatic nitrogens is 1. The second-order valence-corrected chi connectivity index (χ2v) is 3.23. The quantitative estimate of drug-likeness (QED) is 0.825. The third kappa shape index (κ3) is 2.73. The zero-order valence-electron chi connectivity index (χ0n) is 8.63. The molecule has 4 nitrogen and oxygen atoms in total. The predicted molar refractivity (Wildman–Crippen MR) is 49.0 cm³/mol. The van der Waals surface area contributed by atoms with Crippen molar-refractivity contribution in [1.82, 2.24) is 4.98 Å². The smallest absolute Gasteiger partial charge is 0.416 e. The van der Waals surface area contributed by atoms with Gasteiger partial charge in [-0.05, 0) is 6.07 Å². The maximum absolute atomic E-state index is 12.6. The van der Waals surface area contributed by atoms with Crippen molar-refractivity contribution in [2.45, 2.75) is 19.1 Å². The van der Waals surface area contributed by atoms with E-state index in [1.807, 2.05) is 0 Å². The largest absolute Gasteiger partial charge is 0.477 e. The monoisotopic (exact) mass is 270 g/mol. The zero-order chi connectivity index (χ0) is 14.1. The summed E-state index contributed by atoms with van der Waals surface area (Å²) in [7, 11) is 0. The first kappa shape index (κ1) is 14.3. The Morgan fingerprint density at radius 2 is 2.00 bits per heavy atom. The molecular formula is C9H7F5N2O2. The van der Waals surface area contributed by atoms with Crippen molar-refractivity contribution in [3.8, 4) is 0 Å². The van der Waals surface area contributed by atoms with Crippen molar-refractivity contribution in [1.29, 1.82) is 0 Å². The number of pyridine rings is 1. The van der Waals surface area contributed by atoms with Crippen LogP contribution in [0.15, 0.2) is 6.07 Å². The van der Waals surface area contributed by atoms with Crippen LogP contribution in [-0.2, 0) is 12.7 Å². The number of nitrogens with zero attached hydrogens (tertiary/aromatic N) is 1. The number of carboxylic acids is 1. The van der Waals surface area contributed by atoms with Gasteiger partial charge in [-0.2, -0.15) is 13.2 Å². The SMILES string of the molecule is NCc1c(C(F)(F)F)cc(C(=O)O)nc1C(F)F. The molecule has 0 bridgehead atoms. The molecule has 0 aromatic carbocycles. The molecular weight excluding hydrogens is 263 g/mol. The van der Waals surface area contributed by atoms with E-state index in [0.29, 0.717) is 0 Å². The van der Waals surface area contributed by atoms with E-state index in [1.165, 1.54) is 0 Å². The molecule has 0 unspecified atom stereocenters. The van der Waals surface area contributed by atoms with E-state index in [0.717, 1.165) is 0 Å². The fourth-order valence-corrected chi connectivity index (χ4v) is 1.35. The Bertz CT molecular complexity index is 473. The summed E-state index contributed by atoms with van der Waals surface area (Å²) in [5.74, 6) is -1.83. The van der Waals surface area contributed by atoms with Gasteiger partial charge < -0.3 is 10.8 Å². The molecule has 1 heterocycles. The van der Waals surface area contributed by atoms with Crippen molar-refractivity contribution in [2.75, 3.05) is 0 Å². The van der Waals surface area contributed by atoms with Crippen molar-refractivity contribution >= 4 is 5.97 Å². The lowest BCUT2D eigenvalue weighted by molar-refractivity contribution is -0.138. The molecule has 0 amide bonds. The topological polar surface area (TPSA) is 76.2 Å². The second-order valence-electron chi connectivity index (χ2n) is 3.23. The minimum absolute atomic E-state index is 0.191. The van der Waals surface area contributed by atoms with Crippen LogP contribution in [0.4, 0.5) is 22.0 Å². The van der Waals surface area contributed by atoms with E-state index < -0.39 is 47.6 Å². The molecule has 0 fully saturated rings. The maximum atomic E-state index is 12.6. The number of carboxylic acid groups (broad SMARTS) is 1. The summed E-state index contributed by atoms with van der Waals surface area (Å²) in [5.41, 5.74) is 0.223. The Kier molecular flexibility index (Phi) is 3.85. The van der Waals surface area contributed by atoms with Crippen LogP contribution < -0.4 is 5.73 Å². The summed E-state index contributed by atoms with van der Waals surface area (Å²) in [6.45, 7) is -0.818. The zero-order valence-corrected chi connectivity index (χ0v) is 8.63. The summed E-state index contributed by atoms with van der Waals surface area (Å²) in [6, 6.07) is 0.191. The van der Waals surface area contributed by atoms with Gasteiger partial charge >= 0.3 is 12.1 Å². The van der Waals surface area contributed by atoms with E-state index in [1.54, 1.807) is 0 Å². The molecule has 1 aromatic rings. The number of hydrogen-bond donors (Lipinski definition) is 2. The van der Waals surface area contributed by atoms with Crippen molar-refractivity contribution < 1.29 is 31.9 Å². The molecule has 0 saturated heterocycles. The highest BCUT2D eigenvalue weighted by Crippen LogP contribution is 2.35. The first-order chi connectivity index (χ1) is 8.18. The molecule has 100 valence electrons. The molecule has 0 atom stereocenters. The van der Waals surface area contributed by atoms with Gasteiger partial charge in [0.15, 0.2) is 0 Å². The molecule has 1 rings (SSSR count). The van der Waals surface area contributed by atoms with Crippen LogP contribution in [0.1, 0.15) is 33.7 Å². The normalized spacial score (nSPS) is 11.9. The summed E-state index contributed by atoms with van der Waals surface area (Å²) >= 11 is 0. The van der Waals surface area contributed by atoms with Crippen LogP contribution in [-0.4, -0.2) is 16.1 Å². The minimum atomic E-state index is -4.98. The van der Waals surface area contributed by atoms with Gasteiger partial charge in [-0.3, -0.25) is 0 Å². The average molecular weight is 270 g/mol. The number of nitrogens with two attached hydrogens (primary N) is 1. The first-order valence-electron chi connectivity index (χ1n) is 4.51. The van der Waals surface area contributed by atoms with Gasteiger partial charge in [-0.25, -0.2) is 18.6 Å². The van der Waals surface area contributed by atoms with Crippen LogP contribution in [0.25, 0.3) is 0 Å². The van der Waals surface area contributed by atoms with Gasteiger partial charge in [0.05, 0.1) is 5.56 Å². The average Bonchev–Trinajstić information content (AvgIpc) is 2.25. The Labute approximate surface area is 97.2 Å².